The van der Waals surface area contributed by atoms with Crippen LogP contribution in [0.2, 0.25) is 0 Å². The molecular weight excluding hydrogens is 546 g/mol. The highest BCUT2D eigenvalue weighted by atomic mass is 32.2. The van der Waals surface area contributed by atoms with E-state index in [0.29, 0.717) is 38.0 Å². The first kappa shape index (κ1) is 30.7. The lowest BCUT2D eigenvalue weighted by Gasteiger charge is -2.36. The fraction of sp³-hybridized carbons (Fsp3) is 0.448. The highest BCUT2D eigenvalue weighted by molar-refractivity contribution is 7.99. The van der Waals surface area contributed by atoms with Crippen LogP contribution >= 0.6 is 11.8 Å². The quantitative estimate of drug-likeness (QED) is 0.0965. The summed E-state index contributed by atoms with van der Waals surface area (Å²) in [5.41, 5.74) is 5.33. The van der Waals surface area contributed by atoms with Gasteiger partial charge in [0.15, 0.2) is 11.4 Å². The molecule has 1 aromatic heterocycles. The van der Waals surface area contributed by atoms with Gasteiger partial charge >= 0.3 is 0 Å². The van der Waals surface area contributed by atoms with Crippen molar-refractivity contribution < 1.29 is 29.4 Å². The second-order valence-corrected chi connectivity index (χ2v) is 11.0. The number of carbonyl (C=O) groups is 2. The highest BCUT2D eigenvalue weighted by Crippen LogP contribution is 2.39. The van der Waals surface area contributed by atoms with Gasteiger partial charge in [-0.05, 0) is 29.5 Å². The largest absolute Gasteiger partial charge is 0.392 e. The topological polar surface area (TPSA) is 148 Å². The molecule has 12 heteroatoms. The molecule has 1 fully saturated rings. The van der Waals surface area contributed by atoms with E-state index in [4.69, 9.17) is 14.7 Å². The van der Waals surface area contributed by atoms with Gasteiger partial charge in [-0.1, -0.05) is 66.7 Å². The minimum absolute atomic E-state index is 0.00713. The zero-order chi connectivity index (χ0) is 29.0. The molecule has 2 aromatic carbocycles. The maximum atomic E-state index is 12.2. The lowest BCUT2D eigenvalue weighted by Crippen LogP contribution is -2.31. The summed E-state index contributed by atoms with van der Waals surface area (Å²) in [6.45, 7) is 0.405. The number of ether oxygens (including phenoxy) is 2. The van der Waals surface area contributed by atoms with Gasteiger partial charge in [0.05, 0.1) is 18.8 Å². The number of hydroxylamine groups is 1. The Balaban J connectivity index is 1.33. The Morgan fingerprint density at radius 2 is 1.66 bits per heavy atom. The molecular formula is C29H37N5O6S. The number of thioether (sulfide) groups is 1. The van der Waals surface area contributed by atoms with E-state index in [9.17, 15) is 14.7 Å². The van der Waals surface area contributed by atoms with Gasteiger partial charge in [0.2, 0.25) is 11.8 Å². The molecule has 4 N–H and O–H groups in total. The van der Waals surface area contributed by atoms with E-state index in [-0.39, 0.29) is 31.1 Å². The Bertz CT molecular complexity index is 1250. The Labute approximate surface area is 243 Å². The molecule has 41 heavy (non-hydrogen) atoms. The van der Waals surface area contributed by atoms with Crippen molar-refractivity contribution >= 4 is 23.6 Å². The molecule has 1 aliphatic rings. The zero-order valence-electron chi connectivity index (χ0n) is 23.1. The highest BCUT2D eigenvalue weighted by Gasteiger charge is 2.32. The SMILES string of the molecule is Cn1cnnc1SC[C@@H]1C[C@H](c2ccc(CO)cc2)O[C@H](c2ccc(CNC(=O)CCCCCC(=O)NO)cc2)O1. The molecule has 1 saturated heterocycles. The van der Waals surface area contributed by atoms with Crippen molar-refractivity contribution in [2.75, 3.05) is 5.75 Å². The van der Waals surface area contributed by atoms with Gasteiger partial charge in [-0.2, -0.15) is 0 Å². The van der Waals surface area contributed by atoms with Gasteiger partial charge in [0.1, 0.15) is 6.33 Å². The van der Waals surface area contributed by atoms with Crippen molar-refractivity contribution in [2.24, 2.45) is 7.05 Å². The average Bonchev–Trinajstić information content (AvgIpc) is 3.43. The minimum Gasteiger partial charge on any atom is -0.392 e. The number of nitrogens with zero attached hydrogens (tertiary/aromatic N) is 3. The predicted octanol–water partition coefficient (Wildman–Crippen LogP) is 3.72. The van der Waals surface area contributed by atoms with Crippen LogP contribution < -0.4 is 10.8 Å². The number of hydrogen-bond acceptors (Lipinski definition) is 9. The number of benzene rings is 2. The van der Waals surface area contributed by atoms with E-state index < -0.39 is 12.2 Å². The van der Waals surface area contributed by atoms with E-state index >= 15 is 0 Å². The molecule has 0 radical (unpaired) electrons. The molecule has 4 rings (SSSR count). The number of unbranched alkanes of at least 4 members (excludes halogenated alkanes) is 2. The molecule has 1 aliphatic heterocycles. The van der Waals surface area contributed by atoms with Crippen molar-refractivity contribution in [3.8, 4) is 0 Å². The summed E-state index contributed by atoms with van der Waals surface area (Å²) in [4.78, 5) is 23.2. The fourth-order valence-electron chi connectivity index (χ4n) is 4.48. The molecule has 3 atom stereocenters. The number of aryl methyl sites for hydroxylation is 1. The molecule has 0 unspecified atom stereocenters. The van der Waals surface area contributed by atoms with Crippen LogP contribution in [0.15, 0.2) is 60.0 Å². The van der Waals surface area contributed by atoms with Crippen molar-refractivity contribution in [1.29, 1.82) is 0 Å². The van der Waals surface area contributed by atoms with Crippen molar-refractivity contribution in [3.05, 3.63) is 77.1 Å². The number of amides is 2. The second kappa shape index (κ2) is 15.6. The predicted molar refractivity (Wildman–Crippen MR) is 151 cm³/mol. The summed E-state index contributed by atoms with van der Waals surface area (Å²) >= 11 is 1.59. The average molecular weight is 584 g/mol. The summed E-state index contributed by atoms with van der Waals surface area (Å²) in [5, 5.41) is 29.8. The van der Waals surface area contributed by atoms with Crippen LogP contribution in [-0.4, -0.2) is 48.7 Å². The number of aliphatic hydroxyl groups excluding tert-OH is 1. The molecule has 0 saturated carbocycles. The first-order chi connectivity index (χ1) is 19.9. The second-order valence-electron chi connectivity index (χ2n) is 10.00. The third kappa shape index (κ3) is 9.37. The maximum absolute atomic E-state index is 12.2. The van der Waals surface area contributed by atoms with Gasteiger partial charge in [-0.25, -0.2) is 5.48 Å². The maximum Gasteiger partial charge on any atom is 0.243 e. The monoisotopic (exact) mass is 583 g/mol. The Hall–Kier alpha value is -3.29. The van der Waals surface area contributed by atoms with Crippen LogP contribution in [0.5, 0.6) is 0 Å². The van der Waals surface area contributed by atoms with E-state index in [1.165, 1.54) is 0 Å². The van der Waals surface area contributed by atoms with Gasteiger partial charge in [-0.15, -0.1) is 10.2 Å². The molecule has 2 heterocycles. The van der Waals surface area contributed by atoms with Gasteiger partial charge in [-0.3, -0.25) is 14.8 Å². The van der Waals surface area contributed by atoms with E-state index in [1.54, 1.807) is 23.6 Å². The fourth-order valence-corrected chi connectivity index (χ4v) is 5.38. The molecule has 0 bridgehead atoms. The van der Waals surface area contributed by atoms with E-state index in [0.717, 1.165) is 33.8 Å². The standard InChI is InChI=1S/C29H37N5O6S/c1-34-19-31-32-29(34)41-18-24-15-25(22-11-9-21(17-35)10-12-22)40-28(39-24)23-13-7-20(8-14-23)16-30-26(36)5-3-2-4-6-27(37)33-38/h7-14,19,24-25,28,35,38H,2-6,15-18H2,1H3,(H,30,36)(H,33,37)/t24-,25+,28+/m0/s1. The normalized spacial score (nSPS) is 18.7. The van der Waals surface area contributed by atoms with Crippen LogP contribution in [0, 0.1) is 0 Å². The van der Waals surface area contributed by atoms with Crippen LogP contribution in [-0.2, 0) is 39.3 Å². The molecule has 11 nitrogen and oxygen atoms in total. The number of carbonyl (C=O) groups excluding carboxylic acids is 2. The number of aromatic nitrogens is 3. The number of aliphatic hydroxyl groups is 1. The van der Waals surface area contributed by atoms with E-state index in [2.05, 4.69) is 15.5 Å². The zero-order valence-corrected chi connectivity index (χ0v) is 23.9. The third-order valence-electron chi connectivity index (χ3n) is 6.86. The Morgan fingerprint density at radius 1 is 0.976 bits per heavy atom. The Kier molecular flexibility index (Phi) is 11.7. The van der Waals surface area contributed by atoms with Crippen LogP contribution in [0.1, 0.15) is 73.2 Å². The lowest BCUT2D eigenvalue weighted by atomic mass is 10.0. The molecule has 0 aliphatic carbocycles. The van der Waals surface area contributed by atoms with Gasteiger partial charge in [0, 0.05) is 44.2 Å². The van der Waals surface area contributed by atoms with Crippen LogP contribution in [0.25, 0.3) is 0 Å². The lowest BCUT2D eigenvalue weighted by molar-refractivity contribution is -0.245. The minimum atomic E-state index is -0.562. The molecule has 220 valence electrons. The van der Waals surface area contributed by atoms with Crippen molar-refractivity contribution in [3.63, 3.8) is 0 Å². The van der Waals surface area contributed by atoms with Gasteiger partial charge in [0.25, 0.3) is 0 Å². The van der Waals surface area contributed by atoms with E-state index in [1.807, 2.05) is 60.1 Å². The first-order valence-corrected chi connectivity index (χ1v) is 14.7. The molecule has 3 aromatic rings. The smallest absolute Gasteiger partial charge is 0.243 e. The summed E-state index contributed by atoms with van der Waals surface area (Å²) in [7, 11) is 1.91. The number of rotatable bonds is 14. The Morgan fingerprint density at radius 3 is 2.32 bits per heavy atom. The summed E-state index contributed by atoms with van der Waals surface area (Å²) < 4.78 is 14.7. The molecule has 0 spiro atoms. The van der Waals surface area contributed by atoms with Crippen LogP contribution in [0.4, 0.5) is 0 Å². The van der Waals surface area contributed by atoms with Gasteiger partial charge < -0.3 is 24.5 Å². The molecule has 2 amide bonds. The third-order valence-corrected chi connectivity index (χ3v) is 8.02. The summed E-state index contributed by atoms with van der Waals surface area (Å²) in [5.74, 6) is 0.236. The number of nitrogens with one attached hydrogen (secondary N) is 2. The van der Waals surface area contributed by atoms with Crippen molar-refractivity contribution in [1.82, 2.24) is 25.6 Å². The summed E-state index contributed by atoms with van der Waals surface area (Å²) in [6, 6.07) is 15.6. The van der Waals surface area contributed by atoms with Crippen LogP contribution in [0.3, 0.4) is 0 Å². The van der Waals surface area contributed by atoms with Crippen molar-refractivity contribution in [2.45, 2.75) is 75.3 Å². The first-order valence-electron chi connectivity index (χ1n) is 13.7. The number of hydrogen-bond donors (Lipinski definition) is 4. The summed E-state index contributed by atoms with van der Waals surface area (Å²) in [6.07, 6.45) is 4.20.